The lowest BCUT2D eigenvalue weighted by atomic mass is 10.2. The summed E-state index contributed by atoms with van der Waals surface area (Å²) in [6.45, 7) is 0. The highest BCUT2D eigenvalue weighted by Crippen LogP contribution is 2.38. The summed E-state index contributed by atoms with van der Waals surface area (Å²) in [4.78, 5) is 6.12. The van der Waals surface area contributed by atoms with Crippen LogP contribution in [-0.4, -0.2) is 25.4 Å². The molecule has 3 N–H and O–H groups in total. The molecule has 2 aromatic carbocycles. The fourth-order valence-electron chi connectivity index (χ4n) is 2.16. The van der Waals surface area contributed by atoms with Gasteiger partial charge in [0.15, 0.2) is 0 Å². The summed E-state index contributed by atoms with van der Waals surface area (Å²) in [5.41, 5.74) is 9.46. The number of hydrogen-bond donors (Lipinski definition) is 2. The first-order valence-corrected chi connectivity index (χ1v) is 9.38. The molecular weight excluding hydrogens is 368 g/mol. The average molecular weight is 387 g/mol. The number of hydrazone groups is 1. The third-order valence-electron chi connectivity index (χ3n) is 3.40. The number of benzene rings is 2. The van der Waals surface area contributed by atoms with Gasteiger partial charge in [-0.2, -0.15) is 5.10 Å². The van der Waals surface area contributed by atoms with Crippen molar-refractivity contribution in [2.24, 2.45) is 5.10 Å². The molecule has 0 spiro atoms. The predicted octanol–water partition coefficient (Wildman–Crippen LogP) is 4.34. The van der Waals surface area contributed by atoms with E-state index in [1.165, 1.54) is 11.3 Å². The van der Waals surface area contributed by atoms with Gasteiger partial charge in [-0.25, -0.2) is 4.98 Å². The molecule has 0 bridgehead atoms. The Bertz CT molecular complexity index is 912. The predicted molar refractivity (Wildman–Crippen MR) is 108 cm³/mol. The number of nitrogens with two attached hydrogens (primary N) is 1. The maximum Gasteiger partial charge on any atom is 0.205 e. The van der Waals surface area contributed by atoms with Gasteiger partial charge in [0.05, 0.1) is 25.3 Å². The standard InChI is InChI=1S/C18H18N4O2S2/c1-23-13-7-8-14(24-2)16(9-13)26-15-6-4-3-5-12(15)10-20-22-18-21-17(19)11-25-18/h3-11H,19H2,1-2H3,(H,21,22). The summed E-state index contributed by atoms with van der Waals surface area (Å²) in [5, 5.41) is 6.66. The summed E-state index contributed by atoms with van der Waals surface area (Å²) >= 11 is 2.99. The molecule has 26 heavy (non-hydrogen) atoms. The van der Waals surface area contributed by atoms with Gasteiger partial charge in [0.1, 0.15) is 17.3 Å². The van der Waals surface area contributed by atoms with E-state index >= 15 is 0 Å². The van der Waals surface area contributed by atoms with Gasteiger partial charge in [0, 0.05) is 15.8 Å². The zero-order valence-electron chi connectivity index (χ0n) is 14.3. The summed E-state index contributed by atoms with van der Waals surface area (Å²) in [7, 11) is 3.30. The summed E-state index contributed by atoms with van der Waals surface area (Å²) in [5.74, 6) is 2.05. The summed E-state index contributed by atoms with van der Waals surface area (Å²) in [6.07, 6.45) is 1.76. The van der Waals surface area contributed by atoms with E-state index in [1.54, 1.807) is 37.6 Å². The Morgan fingerprint density at radius 3 is 2.73 bits per heavy atom. The molecule has 0 aliphatic rings. The van der Waals surface area contributed by atoms with E-state index in [9.17, 15) is 0 Å². The van der Waals surface area contributed by atoms with Gasteiger partial charge in [-0.15, -0.1) is 11.3 Å². The molecule has 0 saturated heterocycles. The number of nitrogens with zero attached hydrogens (tertiary/aromatic N) is 2. The second-order valence-corrected chi connectivity index (χ2v) is 7.05. The van der Waals surface area contributed by atoms with Crippen LogP contribution in [0.15, 0.2) is 62.7 Å². The number of thiazole rings is 1. The molecule has 0 atom stereocenters. The molecule has 3 rings (SSSR count). The van der Waals surface area contributed by atoms with Crippen LogP contribution in [0.2, 0.25) is 0 Å². The number of hydrogen-bond acceptors (Lipinski definition) is 8. The maximum absolute atomic E-state index is 5.60. The topological polar surface area (TPSA) is 81.8 Å². The fourth-order valence-corrected chi connectivity index (χ4v) is 3.75. The van der Waals surface area contributed by atoms with Crippen LogP contribution in [0, 0.1) is 0 Å². The Hall–Kier alpha value is -2.71. The van der Waals surface area contributed by atoms with Gasteiger partial charge in [-0.3, -0.25) is 5.43 Å². The molecule has 0 aliphatic carbocycles. The van der Waals surface area contributed by atoms with Crippen LogP contribution in [0.3, 0.4) is 0 Å². The quantitative estimate of drug-likeness (QED) is 0.464. The highest BCUT2D eigenvalue weighted by atomic mass is 32.2. The van der Waals surface area contributed by atoms with Crippen LogP contribution >= 0.6 is 23.1 Å². The van der Waals surface area contributed by atoms with Crippen molar-refractivity contribution < 1.29 is 9.47 Å². The van der Waals surface area contributed by atoms with Gasteiger partial charge < -0.3 is 15.2 Å². The molecule has 1 heterocycles. The lowest BCUT2D eigenvalue weighted by Gasteiger charge is -2.11. The van der Waals surface area contributed by atoms with E-state index in [0.29, 0.717) is 10.9 Å². The molecule has 6 nitrogen and oxygen atoms in total. The average Bonchev–Trinajstić information content (AvgIpc) is 3.08. The monoisotopic (exact) mass is 386 g/mol. The SMILES string of the molecule is COc1ccc(OC)c(Sc2ccccc2C=NNc2nc(N)cs2)c1. The number of aromatic nitrogens is 1. The fraction of sp³-hybridized carbons (Fsp3) is 0.111. The summed E-state index contributed by atoms with van der Waals surface area (Å²) < 4.78 is 10.8. The largest absolute Gasteiger partial charge is 0.497 e. The van der Waals surface area contributed by atoms with Crippen LogP contribution in [0.1, 0.15) is 5.56 Å². The van der Waals surface area contributed by atoms with Crippen LogP contribution in [0.4, 0.5) is 10.9 Å². The van der Waals surface area contributed by atoms with E-state index < -0.39 is 0 Å². The molecule has 8 heteroatoms. The van der Waals surface area contributed by atoms with Crippen molar-refractivity contribution in [1.82, 2.24) is 4.98 Å². The van der Waals surface area contributed by atoms with Gasteiger partial charge >= 0.3 is 0 Å². The number of rotatable bonds is 7. The van der Waals surface area contributed by atoms with Crippen molar-refractivity contribution in [3.8, 4) is 11.5 Å². The lowest BCUT2D eigenvalue weighted by Crippen LogP contribution is -1.93. The molecule has 0 saturated carbocycles. The molecule has 3 aromatic rings. The molecule has 134 valence electrons. The first kappa shape index (κ1) is 18.1. The first-order chi connectivity index (χ1) is 12.7. The minimum Gasteiger partial charge on any atom is -0.497 e. The Morgan fingerprint density at radius 2 is 2.00 bits per heavy atom. The highest BCUT2D eigenvalue weighted by molar-refractivity contribution is 7.99. The Labute approximate surface area is 160 Å². The van der Waals surface area contributed by atoms with Crippen molar-refractivity contribution in [2.75, 3.05) is 25.4 Å². The van der Waals surface area contributed by atoms with Gasteiger partial charge in [0.2, 0.25) is 5.13 Å². The molecular formula is C18H18N4O2S2. The number of ether oxygens (including phenoxy) is 2. The number of nitrogen functional groups attached to an aromatic ring is 1. The maximum atomic E-state index is 5.60. The van der Waals surface area contributed by atoms with Crippen molar-refractivity contribution in [1.29, 1.82) is 0 Å². The van der Waals surface area contributed by atoms with Gasteiger partial charge in [-0.05, 0) is 24.3 Å². The van der Waals surface area contributed by atoms with Gasteiger partial charge in [-0.1, -0.05) is 30.0 Å². The molecule has 0 amide bonds. The smallest absolute Gasteiger partial charge is 0.205 e. The Kier molecular flexibility index (Phi) is 5.98. The Morgan fingerprint density at radius 1 is 1.15 bits per heavy atom. The normalized spacial score (nSPS) is 10.8. The zero-order valence-corrected chi connectivity index (χ0v) is 15.9. The van der Waals surface area contributed by atoms with E-state index in [2.05, 4.69) is 15.5 Å². The third-order valence-corrected chi connectivity index (χ3v) is 5.29. The molecule has 0 unspecified atom stereocenters. The van der Waals surface area contributed by atoms with Crippen molar-refractivity contribution in [3.05, 3.63) is 53.4 Å². The molecule has 0 aliphatic heterocycles. The molecule has 0 radical (unpaired) electrons. The Balaban J connectivity index is 1.81. The minimum absolute atomic E-state index is 0.480. The van der Waals surface area contributed by atoms with Crippen LogP contribution in [0.25, 0.3) is 0 Å². The number of methoxy groups -OCH3 is 2. The molecule has 0 fully saturated rings. The number of anilines is 2. The molecule has 1 aromatic heterocycles. The van der Waals surface area contributed by atoms with E-state index in [0.717, 1.165) is 26.9 Å². The van der Waals surface area contributed by atoms with Crippen LogP contribution in [-0.2, 0) is 0 Å². The second-order valence-electron chi connectivity index (χ2n) is 5.10. The summed E-state index contributed by atoms with van der Waals surface area (Å²) in [6, 6.07) is 13.7. The lowest BCUT2D eigenvalue weighted by molar-refractivity contribution is 0.394. The van der Waals surface area contributed by atoms with E-state index in [-0.39, 0.29) is 0 Å². The highest BCUT2D eigenvalue weighted by Gasteiger charge is 2.09. The van der Waals surface area contributed by atoms with E-state index in [1.807, 2.05) is 42.5 Å². The number of nitrogens with one attached hydrogen (secondary N) is 1. The van der Waals surface area contributed by atoms with Crippen LogP contribution in [0.5, 0.6) is 11.5 Å². The zero-order chi connectivity index (χ0) is 18.4. The first-order valence-electron chi connectivity index (χ1n) is 7.68. The van der Waals surface area contributed by atoms with Crippen molar-refractivity contribution in [3.63, 3.8) is 0 Å². The van der Waals surface area contributed by atoms with Crippen molar-refractivity contribution in [2.45, 2.75) is 9.79 Å². The second kappa shape index (κ2) is 8.59. The van der Waals surface area contributed by atoms with E-state index in [4.69, 9.17) is 15.2 Å². The van der Waals surface area contributed by atoms with Crippen LogP contribution < -0.4 is 20.6 Å². The minimum atomic E-state index is 0.480. The third kappa shape index (κ3) is 4.47. The van der Waals surface area contributed by atoms with Crippen molar-refractivity contribution >= 4 is 40.3 Å². The van der Waals surface area contributed by atoms with Gasteiger partial charge in [0.25, 0.3) is 0 Å².